The summed E-state index contributed by atoms with van der Waals surface area (Å²) >= 11 is 1.27. The van der Waals surface area contributed by atoms with Gasteiger partial charge >= 0.3 is 0 Å². The molecule has 0 aliphatic carbocycles. The Labute approximate surface area is 82.7 Å². The van der Waals surface area contributed by atoms with Crippen LogP contribution in [0, 0.1) is 0 Å². The van der Waals surface area contributed by atoms with Gasteiger partial charge in [-0.05, 0) is 18.0 Å². The van der Waals surface area contributed by atoms with Gasteiger partial charge < -0.3 is 5.32 Å². The van der Waals surface area contributed by atoms with E-state index in [9.17, 15) is 8.42 Å². The van der Waals surface area contributed by atoms with Crippen LogP contribution in [0.1, 0.15) is 6.92 Å². The first-order chi connectivity index (χ1) is 6.17. The molecule has 1 aromatic heterocycles. The van der Waals surface area contributed by atoms with Gasteiger partial charge in [0.2, 0.25) is 0 Å². The monoisotopic (exact) mass is 219 g/mol. The number of hydrogen-bond donors (Lipinski definition) is 1. The van der Waals surface area contributed by atoms with Crippen LogP contribution >= 0.6 is 11.3 Å². The Hall–Kier alpha value is -0.390. The van der Waals surface area contributed by atoms with E-state index in [4.69, 9.17) is 0 Å². The first-order valence-corrected chi connectivity index (χ1v) is 6.67. The van der Waals surface area contributed by atoms with Crippen LogP contribution in [0.25, 0.3) is 0 Å². The fourth-order valence-electron chi connectivity index (χ4n) is 0.924. The molecule has 1 aromatic rings. The average molecular weight is 219 g/mol. The standard InChI is InChI=1S/C8H13NO2S2/c1-2-9-5-7-13(10,11)8-4-3-6-12-8/h3-4,6,9H,2,5,7H2,1H3. The molecule has 0 atom stereocenters. The van der Waals surface area contributed by atoms with Crippen LogP contribution < -0.4 is 5.32 Å². The molecule has 0 aromatic carbocycles. The van der Waals surface area contributed by atoms with Gasteiger partial charge in [0.15, 0.2) is 9.84 Å². The highest BCUT2D eigenvalue weighted by Gasteiger charge is 2.13. The van der Waals surface area contributed by atoms with Gasteiger partial charge in [0.25, 0.3) is 0 Å². The third kappa shape index (κ3) is 3.10. The molecule has 1 rings (SSSR count). The Bertz CT molecular complexity index is 329. The second-order valence-corrected chi connectivity index (χ2v) is 5.89. The Morgan fingerprint density at radius 1 is 1.54 bits per heavy atom. The molecule has 0 radical (unpaired) electrons. The Morgan fingerprint density at radius 3 is 2.85 bits per heavy atom. The molecule has 0 spiro atoms. The summed E-state index contributed by atoms with van der Waals surface area (Å²) in [6.07, 6.45) is 0. The van der Waals surface area contributed by atoms with Gasteiger partial charge in [0, 0.05) is 6.54 Å². The van der Waals surface area contributed by atoms with Crippen LogP contribution in [0.3, 0.4) is 0 Å². The fourth-order valence-corrected chi connectivity index (χ4v) is 3.28. The quantitative estimate of drug-likeness (QED) is 0.755. The third-order valence-corrected chi connectivity index (χ3v) is 4.80. The van der Waals surface area contributed by atoms with E-state index in [0.29, 0.717) is 10.8 Å². The minimum atomic E-state index is -3.03. The van der Waals surface area contributed by atoms with Gasteiger partial charge in [-0.3, -0.25) is 0 Å². The lowest BCUT2D eigenvalue weighted by molar-refractivity contribution is 0.594. The lowest BCUT2D eigenvalue weighted by atomic mass is 10.7. The van der Waals surface area contributed by atoms with Crippen molar-refractivity contribution < 1.29 is 8.42 Å². The van der Waals surface area contributed by atoms with Crippen LogP contribution in [-0.4, -0.2) is 27.3 Å². The minimum Gasteiger partial charge on any atom is -0.316 e. The number of hydrogen-bond acceptors (Lipinski definition) is 4. The van der Waals surface area contributed by atoms with Crippen molar-refractivity contribution in [1.82, 2.24) is 5.32 Å². The van der Waals surface area contributed by atoms with E-state index in [1.807, 2.05) is 6.92 Å². The maximum Gasteiger partial charge on any atom is 0.188 e. The van der Waals surface area contributed by atoms with Crippen molar-refractivity contribution in [1.29, 1.82) is 0 Å². The number of sulfone groups is 1. The molecule has 0 unspecified atom stereocenters. The van der Waals surface area contributed by atoms with E-state index >= 15 is 0 Å². The van der Waals surface area contributed by atoms with Crippen molar-refractivity contribution in [3.63, 3.8) is 0 Å². The highest BCUT2D eigenvalue weighted by molar-refractivity contribution is 7.93. The molecular weight excluding hydrogens is 206 g/mol. The van der Waals surface area contributed by atoms with Crippen LogP contribution in [0.4, 0.5) is 0 Å². The van der Waals surface area contributed by atoms with Crippen LogP contribution in [-0.2, 0) is 9.84 Å². The second kappa shape index (κ2) is 4.74. The van der Waals surface area contributed by atoms with E-state index in [-0.39, 0.29) is 5.75 Å². The molecule has 0 amide bonds. The summed E-state index contributed by atoms with van der Waals surface area (Å²) in [5, 5.41) is 4.77. The molecule has 0 fully saturated rings. The van der Waals surface area contributed by atoms with Crippen LogP contribution in [0.15, 0.2) is 21.7 Å². The molecule has 0 aliphatic heterocycles. The molecule has 1 heterocycles. The summed E-state index contributed by atoms with van der Waals surface area (Å²) in [7, 11) is -3.03. The van der Waals surface area contributed by atoms with Gasteiger partial charge in [-0.25, -0.2) is 8.42 Å². The molecule has 13 heavy (non-hydrogen) atoms. The van der Waals surface area contributed by atoms with Crippen molar-refractivity contribution in [3.8, 4) is 0 Å². The summed E-state index contributed by atoms with van der Waals surface area (Å²) in [6, 6.07) is 3.40. The van der Waals surface area contributed by atoms with Gasteiger partial charge in [0.1, 0.15) is 4.21 Å². The molecule has 74 valence electrons. The Morgan fingerprint density at radius 2 is 2.31 bits per heavy atom. The number of rotatable bonds is 5. The second-order valence-electron chi connectivity index (χ2n) is 2.60. The van der Waals surface area contributed by atoms with Crippen molar-refractivity contribution in [3.05, 3.63) is 17.5 Å². The summed E-state index contributed by atoms with van der Waals surface area (Å²) in [5.74, 6) is 0.182. The maximum absolute atomic E-state index is 11.5. The first-order valence-electron chi connectivity index (χ1n) is 4.14. The van der Waals surface area contributed by atoms with Crippen molar-refractivity contribution in [2.75, 3.05) is 18.8 Å². The van der Waals surface area contributed by atoms with E-state index in [1.54, 1.807) is 17.5 Å². The van der Waals surface area contributed by atoms with Gasteiger partial charge in [0.05, 0.1) is 5.75 Å². The van der Waals surface area contributed by atoms with Gasteiger partial charge in [-0.1, -0.05) is 13.0 Å². The first kappa shape index (κ1) is 10.7. The lowest BCUT2D eigenvalue weighted by Crippen LogP contribution is -2.22. The van der Waals surface area contributed by atoms with Crippen molar-refractivity contribution in [2.24, 2.45) is 0 Å². The Balaban J connectivity index is 2.58. The Kier molecular flexibility index (Phi) is 3.90. The van der Waals surface area contributed by atoms with E-state index in [1.165, 1.54) is 11.3 Å². The molecule has 0 saturated heterocycles. The molecular formula is C8H13NO2S2. The zero-order chi connectivity index (χ0) is 9.73. The number of thiophene rings is 1. The zero-order valence-corrected chi connectivity index (χ0v) is 9.12. The molecule has 1 N–H and O–H groups in total. The van der Waals surface area contributed by atoms with E-state index in [2.05, 4.69) is 5.32 Å². The third-order valence-electron chi connectivity index (χ3n) is 1.60. The fraction of sp³-hybridized carbons (Fsp3) is 0.500. The summed E-state index contributed by atoms with van der Waals surface area (Å²) < 4.78 is 23.5. The minimum absolute atomic E-state index is 0.182. The smallest absolute Gasteiger partial charge is 0.188 e. The normalized spacial score (nSPS) is 11.8. The zero-order valence-electron chi connectivity index (χ0n) is 7.49. The van der Waals surface area contributed by atoms with Crippen LogP contribution in [0.2, 0.25) is 0 Å². The van der Waals surface area contributed by atoms with Gasteiger partial charge in [-0.15, -0.1) is 11.3 Å². The summed E-state index contributed by atoms with van der Waals surface area (Å²) in [4.78, 5) is 0. The molecule has 0 bridgehead atoms. The SMILES string of the molecule is CCNCCS(=O)(=O)c1cccs1. The molecule has 3 nitrogen and oxygen atoms in total. The molecule has 0 aliphatic rings. The predicted molar refractivity (Wildman–Crippen MR) is 54.9 cm³/mol. The van der Waals surface area contributed by atoms with E-state index < -0.39 is 9.84 Å². The van der Waals surface area contributed by atoms with Crippen molar-refractivity contribution in [2.45, 2.75) is 11.1 Å². The highest BCUT2D eigenvalue weighted by atomic mass is 32.2. The van der Waals surface area contributed by atoms with Crippen LogP contribution in [0.5, 0.6) is 0 Å². The largest absolute Gasteiger partial charge is 0.316 e. The van der Waals surface area contributed by atoms with Gasteiger partial charge in [-0.2, -0.15) is 0 Å². The molecule has 0 saturated carbocycles. The molecule has 5 heteroatoms. The summed E-state index contributed by atoms with van der Waals surface area (Å²) in [6.45, 7) is 3.29. The highest BCUT2D eigenvalue weighted by Crippen LogP contribution is 2.16. The van der Waals surface area contributed by atoms with E-state index in [0.717, 1.165) is 6.54 Å². The number of nitrogens with one attached hydrogen (secondary N) is 1. The maximum atomic E-state index is 11.5. The predicted octanol–water partition coefficient (Wildman–Crippen LogP) is 1.13. The lowest BCUT2D eigenvalue weighted by Gasteiger charge is -2.01. The average Bonchev–Trinajstić information content (AvgIpc) is 2.56. The summed E-state index contributed by atoms with van der Waals surface area (Å²) in [5.41, 5.74) is 0. The topological polar surface area (TPSA) is 46.2 Å². The van der Waals surface area contributed by atoms with Crippen molar-refractivity contribution >= 4 is 21.2 Å².